The van der Waals surface area contributed by atoms with E-state index >= 15 is 0 Å². The van der Waals surface area contributed by atoms with Crippen LogP contribution >= 0.6 is 0 Å². The molecule has 0 saturated carbocycles. The molecule has 0 fully saturated rings. The SMILES string of the molecule is C[N+](C)(C)C.O=C=C([O-])c1ccccc1.[C-]#[O+].[C-]#[O+].[C-]#[O+].[C-]#[O+].[Cr]. The summed E-state index contributed by atoms with van der Waals surface area (Å²) in [5.74, 6) is 0.696. The van der Waals surface area contributed by atoms with Crippen LogP contribution in [0, 0.1) is 26.6 Å². The van der Waals surface area contributed by atoms with Crippen molar-refractivity contribution in [2.75, 3.05) is 28.2 Å². The standard InChI is InChI=1S/C8H6O2.C4H12N.4CO.Cr/c9-6-8(10)7-4-2-1-3-5-7;1-5(2,3)4;4*1-2;/h1-5,10H;1-4H3;;;;;/q;+1;;;;;/p-1. The van der Waals surface area contributed by atoms with E-state index in [-0.39, 0.29) is 17.4 Å². The fourth-order valence-corrected chi connectivity index (χ4v) is 0.648. The summed E-state index contributed by atoms with van der Waals surface area (Å²) < 4.78 is 31.0. The molecule has 0 bridgehead atoms. The third-order valence-corrected chi connectivity index (χ3v) is 1.13. The first-order valence-electron chi connectivity index (χ1n) is 5.42. The molecule has 0 aliphatic rings. The third-order valence-electron chi connectivity index (χ3n) is 1.13. The second-order valence-corrected chi connectivity index (χ2v) is 4.48. The van der Waals surface area contributed by atoms with Gasteiger partial charge in [0.25, 0.3) is 0 Å². The van der Waals surface area contributed by atoms with Gasteiger partial charge in [0, 0.05) is 17.4 Å². The maximum absolute atomic E-state index is 10.6. The molecule has 1 aromatic rings. The Morgan fingerprint density at radius 2 is 1.12 bits per heavy atom. The first-order chi connectivity index (χ1) is 10.8. The number of quaternary nitrogens is 1. The van der Waals surface area contributed by atoms with Crippen molar-refractivity contribution in [2.24, 2.45) is 0 Å². The van der Waals surface area contributed by atoms with Crippen LogP contribution in [0.3, 0.4) is 0 Å². The predicted molar refractivity (Wildman–Crippen MR) is 75.2 cm³/mol. The predicted octanol–water partition coefficient (Wildman–Crippen LogP) is 0.389. The Morgan fingerprint density at radius 3 is 1.33 bits per heavy atom. The van der Waals surface area contributed by atoms with Gasteiger partial charge in [-0.2, -0.15) is 0 Å². The van der Waals surface area contributed by atoms with Crippen molar-refractivity contribution in [2.45, 2.75) is 0 Å². The second-order valence-electron chi connectivity index (χ2n) is 4.48. The Labute approximate surface area is 153 Å². The molecule has 0 aromatic heterocycles. The summed E-state index contributed by atoms with van der Waals surface area (Å²) in [5, 5.41) is 10.6. The summed E-state index contributed by atoms with van der Waals surface area (Å²) in [6.07, 6.45) is 0. The number of hydrogen-bond acceptors (Lipinski definition) is 2. The summed E-state index contributed by atoms with van der Waals surface area (Å²) in [5.41, 5.74) is 0.387. The van der Waals surface area contributed by atoms with Crippen molar-refractivity contribution in [3.05, 3.63) is 62.5 Å². The van der Waals surface area contributed by atoms with Gasteiger partial charge in [-0.15, -0.1) is 0 Å². The quantitative estimate of drug-likeness (QED) is 0.233. The fourth-order valence-electron chi connectivity index (χ4n) is 0.648. The summed E-state index contributed by atoms with van der Waals surface area (Å²) in [4.78, 5) is 9.83. The van der Waals surface area contributed by atoms with Gasteiger partial charge in [-0.25, -0.2) is 4.79 Å². The topological polar surface area (TPSA) is 120 Å². The maximum Gasteiger partial charge on any atom is 0 e. The first kappa shape index (κ1) is 37.9. The average Bonchev–Trinajstić information content (AvgIpc) is 2.60. The van der Waals surface area contributed by atoms with E-state index in [4.69, 9.17) is 18.6 Å². The molecule has 0 heterocycles. The minimum Gasteiger partial charge on any atom is 0 e. The minimum atomic E-state index is -0.597. The van der Waals surface area contributed by atoms with Crippen LogP contribution in [0.15, 0.2) is 30.3 Å². The summed E-state index contributed by atoms with van der Waals surface area (Å²) in [6, 6.07) is 8.33. The van der Waals surface area contributed by atoms with Crippen LogP contribution in [0.4, 0.5) is 0 Å². The molecule has 0 aliphatic heterocycles. The summed E-state index contributed by atoms with van der Waals surface area (Å²) in [6.45, 7) is 18.0. The minimum absolute atomic E-state index is 0. The third kappa shape index (κ3) is 50.2. The maximum atomic E-state index is 10.6. The smallest absolute Gasteiger partial charge is 0 e. The normalized spacial score (nSPS) is 6.33. The molecule has 0 atom stereocenters. The van der Waals surface area contributed by atoms with Crippen molar-refractivity contribution < 1.29 is 50.4 Å². The molecule has 1 rings (SSSR count). The molecule has 8 heteroatoms. The van der Waals surface area contributed by atoms with E-state index in [1.54, 1.807) is 30.3 Å². The Balaban J connectivity index is -0.0000000498. The van der Waals surface area contributed by atoms with Crippen LogP contribution < -0.4 is 5.11 Å². The molecule has 0 amide bonds. The zero-order valence-electron chi connectivity index (χ0n) is 13.7. The largest absolute Gasteiger partial charge is 0 e. The van der Waals surface area contributed by atoms with E-state index in [0.29, 0.717) is 5.56 Å². The van der Waals surface area contributed by atoms with Crippen molar-refractivity contribution in [3.63, 3.8) is 0 Å². The Bertz CT molecular complexity index is 464. The van der Waals surface area contributed by atoms with E-state index in [0.717, 1.165) is 4.48 Å². The Morgan fingerprint density at radius 1 is 0.875 bits per heavy atom. The van der Waals surface area contributed by atoms with Crippen LogP contribution in [0.5, 0.6) is 0 Å². The van der Waals surface area contributed by atoms with Gasteiger partial charge in [0.1, 0.15) is 5.94 Å². The number of benzene rings is 1. The molecular formula is C16H17CrNO6. The molecular weight excluding hydrogens is 354 g/mol. The molecule has 128 valence electrons. The molecule has 1 aromatic carbocycles. The van der Waals surface area contributed by atoms with Crippen LogP contribution in [-0.4, -0.2) is 38.6 Å². The number of carbonyl (C=O) groups excluding carboxylic acids is 1. The first-order valence-corrected chi connectivity index (χ1v) is 5.42. The summed E-state index contributed by atoms with van der Waals surface area (Å²) >= 11 is 0. The van der Waals surface area contributed by atoms with Gasteiger partial charge in [-0.3, -0.25) is 0 Å². The zero-order chi connectivity index (χ0) is 19.9. The molecule has 7 nitrogen and oxygen atoms in total. The van der Waals surface area contributed by atoms with Crippen LogP contribution in [0.1, 0.15) is 5.56 Å². The van der Waals surface area contributed by atoms with E-state index in [2.05, 4.69) is 54.8 Å². The van der Waals surface area contributed by atoms with Gasteiger partial charge in [0.15, 0.2) is 0 Å². The van der Waals surface area contributed by atoms with Gasteiger partial charge in [-0.05, 0) is 11.3 Å². The van der Waals surface area contributed by atoms with Gasteiger partial charge < -0.3 is 9.59 Å². The van der Waals surface area contributed by atoms with Crippen molar-refractivity contribution >= 4 is 11.7 Å². The average molecular weight is 371 g/mol. The zero-order valence-corrected chi connectivity index (χ0v) is 15.0. The molecule has 24 heavy (non-hydrogen) atoms. The molecule has 0 saturated heterocycles. The van der Waals surface area contributed by atoms with Gasteiger partial charge in [-0.1, -0.05) is 30.3 Å². The van der Waals surface area contributed by atoms with Crippen molar-refractivity contribution in [1.82, 2.24) is 0 Å². The number of rotatable bonds is 1. The number of hydrogen-bond donors (Lipinski definition) is 0. The Kier molecular flexibility index (Phi) is 51.7. The van der Waals surface area contributed by atoms with E-state index in [1.807, 2.05) is 0 Å². The van der Waals surface area contributed by atoms with E-state index in [1.165, 1.54) is 5.94 Å². The molecule has 0 N–H and O–H groups in total. The molecule has 0 aliphatic carbocycles. The monoisotopic (exact) mass is 371 g/mol. The van der Waals surface area contributed by atoms with Gasteiger partial charge >= 0.3 is 45.2 Å². The molecule has 0 radical (unpaired) electrons. The van der Waals surface area contributed by atoms with Crippen LogP contribution in [-0.2, 0) is 40.8 Å². The molecule has 0 spiro atoms. The van der Waals surface area contributed by atoms with Gasteiger partial charge in [0.2, 0.25) is 0 Å². The van der Waals surface area contributed by atoms with Crippen molar-refractivity contribution in [1.29, 1.82) is 0 Å². The Hall–Kier alpha value is -2.08. The van der Waals surface area contributed by atoms with Gasteiger partial charge in [0.05, 0.1) is 28.2 Å². The van der Waals surface area contributed by atoms with Crippen LogP contribution in [0.2, 0.25) is 0 Å². The van der Waals surface area contributed by atoms with E-state index < -0.39 is 5.76 Å². The molecule has 0 unspecified atom stereocenters. The second kappa shape index (κ2) is 32.8. The number of nitrogens with zero attached hydrogens (tertiary/aromatic N) is 1. The summed E-state index contributed by atoms with van der Waals surface area (Å²) in [7, 11) is 8.50. The van der Waals surface area contributed by atoms with E-state index in [9.17, 15) is 9.90 Å². The van der Waals surface area contributed by atoms with Crippen LogP contribution in [0.25, 0.3) is 5.76 Å². The van der Waals surface area contributed by atoms with Crippen molar-refractivity contribution in [3.8, 4) is 0 Å². The fraction of sp³-hybridized carbons (Fsp3) is 0.250.